The zero-order valence-electron chi connectivity index (χ0n) is 22.2. The standard InChI is InChI=1S/C32H38ClN3O2/c1-24-7-5-11-29-32(24)34-31(23-38-28-14-12-27(33)13-15-28)36(29)19-6-8-25-16-20-35(21-17-25)22-18-30(37)26-9-3-2-4-10-26/h2-5,7,9-15,25,30,37H,6,8,16-23H2,1H3. The average molecular weight is 532 g/mol. The summed E-state index contributed by atoms with van der Waals surface area (Å²) >= 11 is 6.02. The number of aliphatic hydroxyl groups is 1. The van der Waals surface area contributed by atoms with Crippen molar-refractivity contribution in [2.45, 2.75) is 58.3 Å². The van der Waals surface area contributed by atoms with E-state index < -0.39 is 0 Å². The normalized spacial score (nSPS) is 15.7. The fourth-order valence-corrected chi connectivity index (χ4v) is 5.68. The summed E-state index contributed by atoms with van der Waals surface area (Å²) < 4.78 is 8.41. The molecule has 4 aromatic rings. The van der Waals surface area contributed by atoms with E-state index >= 15 is 0 Å². The summed E-state index contributed by atoms with van der Waals surface area (Å²) in [5, 5.41) is 11.2. The topological polar surface area (TPSA) is 50.5 Å². The molecule has 0 bridgehead atoms. The Morgan fingerprint density at radius 3 is 2.50 bits per heavy atom. The number of ether oxygens (including phenoxy) is 1. The van der Waals surface area contributed by atoms with Crippen molar-refractivity contribution in [2.24, 2.45) is 5.92 Å². The number of halogens is 1. The molecule has 0 spiro atoms. The molecule has 200 valence electrons. The molecule has 38 heavy (non-hydrogen) atoms. The number of fused-ring (bicyclic) bond motifs is 1. The fraction of sp³-hybridized carbons (Fsp3) is 0.406. The zero-order chi connectivity index (χ0) is 26.3. The van der Waals surface area contributed by atoms with Crippen LogP contribution in [0.1, 0.15) is 55.2 Å². The van der Waals surface area contributed by atoms with Gasteiger partial charge in [0.1, 0.15) is 18.2 Å². The Hall–Kier alpha value is -2.86. The van der Waals surface area contributed by atoms with E-state index in [1.165, 1.54) is 30.3 Å². The van der Waals surface area contributed by atoms with Crippen molar-refractivity contribution in [1.29, 1.82) is 0 Å². The molecule has 1 aliphatic heterocycles. The van der Waals surface area contributed by atoms with E-state index in [1.807, 2.05) is 54.6 Å². The number of aryl methyl sites for hydroxylation is 2. The number of aromatic nitrogens is 2. The van der Waals surface area contributed by atoms with Gasteiger partial charge in [-0.2, -0.15) is 0 Å². The predicted octanol–water partition coefficient (Wildman–Crippen LogP) is 7.19. The van der Waals surface area contributed by atoms with Crippen molar-refractivity contribution in [3.05, 3.63) is 94.8 Å². The van der Waals surface area contributed by atoms with E-state index in [2.05, 4.69) is 34.6 Å². The van der Waals surface area contributed by atoms with Crippen molar-refractivity contribution >= 4 is 22.6 Å². The van der Waals surface area contributed by atoms with Gasteiger partial charge in [-0.25, -0.2) is 4.98 Å². The van der Waals surface area contributed by atoms with E-state index in [-0.39, 0.29) is 6.10 Å². The van der Waals surface area contributed by atoms with Crippen LogP contribution in [-0.2, 0) is 13.2 Å². The Balaban J connectivity index is 1.12. The molecule has 6 heteroatoms. The second-order valence-electron chi connectivity index (χ2n) is 10.5. The zero-order valence-corrected chi connectivity index (χ0v) is 23.0. The Bertz CT molecular complexity index is 1300. The Morgan fingerprint density at radius 1 is 0.974 bits per heavy atom. The van der Waals surface area contributed by atoms with E-state index in [0.717, 1.165) is 67.6 Å². The summed E-state index contributed by atoms with van der Waals surface area (Å²) in [5.41, 5.74) is 4.46. The highest BCUT2D eigenvalue weighted by atomic mass is 35.5. The van der Waals surface area contributed by atoms with Crippen LogP contribution in [-0.4, -0.2) is 39.2 Å². The maximum Gasteiger partial charge on any atom is 0.148 e. The van der Waals surface area contributed by atoms with Crippen LogP contribution in [0.4, 0.5) is 0 Å². The lowest BCUT2D eigenvalue weighted by molar-refractivity contribution is 0.121. The lowest BCUT2D eigenvalue weighted by Gasteiger charge is -2.32. The predicted molar refractivity (Wildman–Crippen MR) is 155 cm³/mol. The number of hydrogen-bond acceptors (Lipinski definition) is 4. The molecular formula is C32H38ClN3O2. The van der Waals surface area contributed by atoms with Crippen LogP contribution in [0.5, 0.6) is 5.75 Å². The molecule has 1 aliphatic rings. The van der Waals surface area contributed by atoms with Gasteiger partial charge in [-0.15, -0.1) is 0 Å². The third kappa shape index (κ3) is 6.76. The molecule has 1 atom stereocenters. The average Bonchev–Trinajstić information content (AvgIpc) is 3.31. The summed E-state index contributed by atoms with van der Waals surface area (Å²) in [6, 6.07) is 23.9. The summed E-state index contributed by atoms with van der Waals surface area (Å²) in [5.74, 6) is 2.53. The molecule has 0 aliphatic carbocycles. The molecule has 1 fully saturated rings. The van der Waals surface area contributed by atoms with Gasteiger partial charge in [-0.3, -0.25) is 0 Å². The quantitative estimate of drug-likeness (QED) is 0.222. The van der Waals surface area contributed by atoms with Crippen LogP contribution in [0, 0.1) is 12.8 Å². The number of para-hydroxylation sites is 1. The lowest BCUT2D eigenvalue weighted by Crippen LogP contribution is -2.35. The van der Waals surface area contributed by atoms with Gasteiger partial charge in [0.15, 0.2) is 0 Å². The molecule has 1 unspecified atom stereocenters. The molecule has 2 heterocycles. The largest absolute Gasteiger partial charge is 0.486 e. The molecule has 1 N–H and O–H groups in total. The second kappa shape index (κ2) is 12.8. The number of rotatable bonds is 11. The minimum Gasteiger partial charge on any atom is -0.486 e. The molecule has 3 aromatic carbocycles. The Morgan fingerprint density at radius 2 is 1.74 bits per heavy atom. The molecule has 1 saturated heterocycles. The van der Waals surface area contributed by atoms with Crippen molar-refractivity contribution < 1.29 is 9.84 Å². The number of benzene rings is 3. The van der Waals surface area contributed by atoms with Gasteiger partial charge in [0.25, 0.3) is 0 Å². The van der Waals surface area contributed by atoms with Gasteiger partial charge < -0.3 is 19.3 Å². The van der Waals surface area contributed by atoms with Crippen molar-refractivity contribution in [1.82, 2.24) is 14.5 Å². The Kier molecular flexibility index (Phi) is 9.00. The van der Waals surface area contributed by atoms with Crippen molar-refractivity contribution in [2.75, 3.05) is 19.6 Å². The smallest absolute Gasteiger partial charge is 0.148 e. The summed E-state index contributed by atoms with van der Waals surface area (Å²) in [6.07, 6.45) is 5.24. The van der Waals surface area contributed by atoms with Crippen LogP contribution in [0.3, 0.4) is 0 Å². The fourth-order valence-electron chi connectivity index (χ4n) is 5.56. The van der Waals surface area contributed by atoms with Crippen LogP contribution in [0.2, 0.25) is 5.02 Å². The van der Waals surface area contributed by atoms with Gasteiger partial charge in [0.2, 0.25) is 0 Å². The summed E-state index contributed by atoms with van der Waals surface area (Å²) in [7, 11) is 0. The third-order valence-corrected chi connectivity index (χ3v) is 8.10. The minimum absolute atomic E-state index is 0.375. The molecule has 1 aromatic heterocycles. The van der Waals surface area contributed by atoms with E-state index in [4.69, 9.17) is 21.3 Å². The van der Waals surface area contributed by atoms with Crippen LogP contribution in [0.15, 0.2) is 72.8 Å². The molecule has 0 amide bonds. The van der Waals surface area contributed by atoms with Crippen molar-refractivity contribution in [3.8, 4) is 5.75 Å². The van der Waals surface area contributed by atoms with Gasteiger partial charge in [-0.05, 0) is 99.5 Å². The van der Waals surface area contributed by atoms with E-state index in [0.29, 0.717) is 11.6 Å². The maximum absolute atomic E-state index is 10.5. The highest BCUT2D eigenvalue weighted by molar-refractivity contribution is 6.30. The highest BCUT2D eigenvalue weighted by Gasteiger charge is 2.20. The molecule has 5 nitrogen and oxygen atoms in total. The summed E-state index contributed by atoms with van der Waals surface area (Å²) in [4.78, 5) is 7.48. The molecule has 0 radical (unpaired) electrons. The highest BCUT2D eigenvalue weighted by Crippen LogP contribution is 2.26. The van der Waals surface area contributed by atoms with Crippen LogP contribution in [0.25, 0.3) is 11.0 Å². The lowest BCUT2D eigenvalue weighted by atomic mass is 9.92. The van der Waals surface area contributed by atoms with Crippen molar-refractivity contribution in [3.63, 3.8) is 0 Å². The number of nitrogens with zero attached hydrogens (tertiary/aromatic N) is 3. The SMILES string of the molecule is Cc1cccc2c1nc(COc1ccc(Cl)cc1)n2CCCC1CCN(CCC(O)c2ccccc2)CC1. The first-order valence-corrected chi connectivity index (χ1v) is 14.2. The number of aliphatic hydroxyl groups excluding tert-OH is 1. The molecule has 5 rings (SSSR count). The van der Waals surface area contributed by atoms with Crippen LogP contribution >= 0.6 is 11.6 Å². The van der Waals surface area contributed by atoms with Gasteiger partial charge >= 0.3 is 0 Å². The third-order valence-electron chi connectivity index (χ3n) is 7.85. The van der Waals surface area contributed by atoms with Gasteiger partial charge in [0, 0.05) is 18.1 Å². The van der Waals surface area contributed by atoms with Gasteiger partial charge in [0.05, 0.1) is 17.1 Å². The number of piperidine rings is 1. The van der Waals surface area contributed by atoms with Crippen LogP contribution < -0.4 is 4.74 Å². The van der Waals surface area contributed by atoms with Gasteiger partial charge in [-0.1, -0.05) is 54.1 Å². The first kappa shape index (κ1) is 26.7. The first-order chi connectivity index (χ1) is 18.6. The number of hydrogen-bond donors (Lipinski definition) is 1. The van der Waals surface area contributed by atoms with E-state index in [1.54, 1.807) is 0 Å². The maximum atomic E-state index is 10.5. The van der Waals surface area contributed by atoms with E-state index in [9.17, 15) is 5.11 Å². The monoisotopic (exact) mass is 531 g/mol. The summed E-state index contributed by atoms with van der Waals surface area (Å²) in [6.45, 7) is 6.71. The Labute approximate surface area is 231 Å². The molecule has 0 saturated carbocycles. The minimum atomic E-state index is -0.375. The second-order valence-corrected chi connectivity index (χ2v) is 10.9. The molecular weight excluding hydrogens is 494 g/mol. The number of likely N-dealkylation sites (tertiary alicyclic amines) is 1. The first-order valence-electron chi connectivity index (χ1n) is 13.9. The number of imidazole rings is 1.